The Hall–Kier alpha value is -2.99. The van der Waals surface area contributed by atoms with Gasteiger partial charge in [-0.1, -0.05) is 31.5 Å². The van der Waals surface area contributed by atoms with Crippen molar-refractivity contribution in [3.63, 3.8) is 0 Å². The number of carbonyl (C=O) groups excluding carboxylic acids is 1. The van der Waals surface area contributed by atoms with E-state index < -0.39 is 0 Å². The molecule has 0 atom stereocenters. The highest BCUT2D eigenvalue weighted by Gasteiger charge is 2.19. The van der Waals surface area contributed by atoms with Crippen molar-refractivity contribution < 1.29 is 14.3 Å². The molecule has 0 radical (unpaired) electrons. The molecule has 2 aromatic carbocycles. The zero-order chi connectivity index (χ0) is 21.1. The normalized spacial score (nSPS) is 11.0. The van der Waals surface area contributed by atoms with Gasteiger partial charge in [-0.15, -0.1) is 0 Å². The number of hydrogen-bond acceptors (Lipinski definition) is 4. The number of anilines is 1. The fraction of sp³-hybridized carbons (Fsp3) is 0.273. The van der Waals surface area contributed by atoms with E-state index in [9.17, 15) is 9.59 Å². The molecule has 1 heterocycles. The van der Waals surface area contributed by atoms with E-state index in [0.29, 0.717) is 45.1 Å². The van der Waals surface area contributed by atoms with Gasteiger partial charge < -0.3 is 19.4 Å². The van der Waals surface area contributed by atoms with Crippen LogP contribution in [0.25, 0.3) is 10.8 Å². The first kappa shape index (κ1) is 20.7. The van der Waals surface area contributed by atoms with Gasteiger partial charge >= 0.3 is 0 Å². The Morgan fingerprint density at radius 2 is 1.76 bits per heavy atom. The van der Waals surface area contributed by atoms with Gasteiger partial charge in [0.15, 0.2) is 11.5 Å². The summed E-state index contributed by atoms with van der Waals surface area (Å²) in [5.41, 5.74) is 0.743. The van der Waals surface area contributed by atoms with Crippen molar-refractivity contribution in [1.82, 2.24) is 4.57 Å². The average Bonchev–Trinajstić information content (AvgIpc) is 2.68. The van der Waals surface area contributed by atoms with Gasteiger partial charge in [0.25, 0.3) is 11.5 Å². The summed E-state index contributed by atoms with van der Waals surface area (Å²) >= 11 is 6.02. The van der Waals surface area contributed by atoms with Crippen LogP contribution in [-0.4, -0.2) is 24.7 Å². The molecule has 0 fully saturated rings. The second kappa shape index (κ2) is 8.57. The molecule has 0 spiro atoms. The molecule has 0 bridgehead atoms. The van der Waals surface area contributed by atoms with E-state index in [1.165, 1.54) is 14.2 Å². The second-order valence-corrected chi connectivity index (χ2v) is 7.55. The highest BCUT2D eigenvalue weighted by Crippen LogP contribution is 2.32. The molecule has 0 aliphatic heterocycles. The van der Waals surface area contributed by atoms with E-state index >= 15 is 0 Å². The van der Waals surface area contributed by atoms with Crippen LogP contribution < -0.4 is 20.3 Å². The van der Waals surface area contributed by atoms with Crippen LogP contribution >= 0.6 is 11.6 Å². The molecule has 7 heteroatoms. The Morgan fingerprint density at radius 1 is 1.10 bits per heavy atom. The molecule has 3 aromatic rings. The fourth-order valence-corrected chi connectivity index (χ4v) is 3.38. The van der Waals surface area contributed by atoms with E-state index in [1.54, 1.807) is 47.2 Å². The Balaban J connectivity index is 2.21. The van der Waals surface area contributed by atoms with Crippen molar-refractivity contribution in [2.75, 3.05) is 19.5 Å². The summed E-state index contributed by atoms with van der Waals surface area (Å²) in [6.45, 7) is 4.51. The predicted molar refractivity (Wildman–Crippen MR) is 116 cm³/mol. The Kier molecular flexibility index (Phi) is 6.13. The molecule has 1 N–H and O–H groups in total. The quantitative estimate of drug-likeness (QED) is 0.641. The number of hydrogen-bond donors (Lipinski definition) is 1. The summed E-state index contributed by atoms with van der Waals surface area (Å²) in [6, 6.07) is 10.2. The maximum atomic E-state index is 13.1. The topological polar surface area (TPSA) is 69.6 Å². The lowest BCUT2D eigenvalue weighted by molar-refractivity contribution is 0.102. The van der Waals surface area contributed by atoms with E-state index in [0.717, 1.165) is 0 Å². The van der Waals surface area contributed by atoms with Crippen LogP contribution in [0.2, 0.25) is 5.02 Å². The van der Waals surface area contributed by atoms with Gasteiger partial charge in [-0.05, 0) is 36.2 Å². The number of carbonyl (C=O) groups is 1. The summed E-state index contributed by atoms with van der Waals surface area (Å²) in [6.07, 6.45) is 1.59. The van der Waals surface area contributed by atoms with Crippen LogP contribution in [-0.2, 0) is 6.54 Å². The highest BCUT2D eigenvalue weighted by molar-refractivity contribution is 6.31. The van der Waals surface area contributed by atoms with Gasteiger partial charge in [-0.25, -0.2) is 0 Å². The minimum absolute atomic E-state index is 0.186. The van der Waals surface area contributed by atoms with Crippen molar-refractivity contribution in [2.45, 2.75) is 20.4 Å². The molecule has 3 rings (SSSR count). The predicted octanol–water partition coefficient (Wildman–Crippen LogP) is 4.58. The molecule has 0 saturated heterocycles. The number of benzene rings is 2. The van der Waals surface area contributed by atoms with E-state index in [-0.39, 0.29) is 17.4 Å². The Bertz CT molecular complexity index is 1120. The average molecular weight is 415 g/mol. The first-order valence-corrected chi connectivity index (χ1v) is 9.58. The van der Waals surface area contributed by atoms with Gasteiger partial charge in [0, 0.05) is 28.8 Å². The molecule has 152 valence electrons. The molecule has 6 nitrogen and oxygen atoms in total. The maximum absolute atomic E-state index is 13.1. The van der Waals surface area contributed by atoms with Crippen molar-refractivity contribution in [3.05, 3.63) is 63.5 Å². The van der Waals surface area contributed by atoms with Gasteiger partial charge in [0.05, 0.1) is 25.2 Å². The molecule has 0 saturated carbocycles. The van der Waals surface area contributed by atoms with Crippen LogP contribution in [0.15, 0.2) is 47.4 Å². The third-order valence-corrected chi connectivity index (χ3v) is 4.71. The number of fused-ring (bicyclic) bond motifs is 1. The lowest BCUT2D eigenvalue weighted by atomic mass is 10.0. The molecular formula is C22H23ClN2O4. The van der Waals surface area contributed by atoms with Crippen molar-refractivity contribution in [1.29, 1.82) is 0 Å². The SMILES string of the molecule is COc1cc2c(C(=O)Nc3cccc(Cl)c3)cn(CC(C)C)c(=O)c2cc1OC. The number of methoxy groups -OCH3 is 2. The van der Waals surface area contributed by atoms with Crippen molar-refractivity contribution in [3.8, 4) is 11.5 Å². The minimum atomic E-state index is -0.345. The fourth-order valence-electron chi connectivity index (χ4n) is 3.19. The van der Waals surface area contributed by atoms with E-state index in [1.807, 2.05) is 13.8 Å². The largest absolute Gasteiger partial charge is 0.493 e. The van der Waals surface area contributed by atoms with E-state index in [2.05, 4.69) is 5.32 Å². The van der Waals surface area contributed by atoms with Crippen LogP contribution in [0.1, 0.15) is 24.2 Å². The number of pyridine rings is 1. The number of nitrogens with zero attached hydrogens (tertiary/aromatic N) is 1. The number of ether oxygens (including phenoxy) is 2. The molecule has 0 aliphatic rings. The summed E-state index contributed by atoms with van der Waals surface area (Å²) in [7, 11) is 3.02. The van der Waals surface area contributed by atoms with Crippen LogP contribution in [0.4, 0.5) is 5.69 Å². The number of rotatable bonds is 6. The Labute approximate surface area is 174 Å². The highest BCUT2D eigenvalue weighted by atomic mass is 35.5. The van der Waals surface area contributed by atoms with Crippen molar-refractivity contribution in [2.24, 2.45) is 5.92 Å². The van der Waals surface area contributed by atoms with Gasteiger partial charge in [0.2, 0.25) is 0 Å². The maximum Gasteiger partial charge on any atom is 0.258 e. The number of nitrogens with one attached hydrogen (secondary N) is 1. The molecule has 1 aromatic heterocycles. The van der Waals surface area contributed by atoms with Gasteiger partial charge in [-0.3, -0.25) is 9.59 Å². The monoisotopic (exact) mass is 414 g/mol. The standard InChI is InChI=1S/C22H23ClN2O4/c1-13(2)11-25-12-18(21(26)24-15-7-5-6-14(23)8-15)16-9-19(28-3)20(29-4)10-17(16)22(25)27/h5-10,12-13H,11H2,1-4H3,(H,24,26). The van der Waals surface area contributed by atoms with Crippen LogP contribution in [0.5, 0.6) is 11.5 Å². The minimum Gasteiger partial charge on any atom is -0.493 e. The smallest absolute Gasteiger partial charge is 0.258 e. The zero-order valence-electron chi connectivity index (χ0n) is 16.8. The summed E-state index contributed by atoms with van der Waals surface area (Å²) in [5.74, 6) is 0.759. The number of amides is 1. The molecule has 1 amide bonds. The van der Waals surface area contributed by atoms with Gasteiger partial charge in [-0.2, -0.15) is 0 Å². The Morgan fingerprint density at radius 3 is 2.34 bits per heavy atom. The van der Waals surface area contributed by atoms with E-state index in [4.69, 9.17) is 21.1 Å². The summed E-state index contributed by atoms with van der Waals surface area (Å²) in [4.78, 5) is 26.1. The lowest BCUT2D eigenvalue weighted by Crippen LogP contribution is -2.25. The third-order valence-electron chi connectivity index (χ3n) is 4.48. The molecular weight excluding hydrogens is 392 g/mol. The molecule has 29 heavy (non-hydrogen) atoms. The summed E-state index contributed by atoms with van der Waals surface area (Å²) in [5, 5.41) is 4.25. The zero-order valence-corrected chi connectivity index (χ0v) is 17.5. The number of aromatic nitrogens is 1. The van der Waals surface area contributed by atoms with Crippen molar-refractivity contribution >= 4 is 34.0 Å². The van der Waals surface area contributed by atoms with Gasteiger partial charge in [0.1, 0.15) is 0 Å². The summed E-state index contributed by atoms with van der Waals surface area (Å²) < 4.78 is 12.3. The van der Waals surface area contributed by atoms with Crippen LogP contribution in [0.3, 0.4) is 0 Å². The molecule has 0 aliphatic carbocycles. The lowest BCUT2D eigenvalue weighted by Gasteiger charge is -2.16. The first-order chi connectivity index (χ1) is 13.8. The number of halogens is 1. The molecule has 0 unspecified atom stereocenters. The second-order valence-electron chi connectivity index (χ2n) is 7.11. The third kappa shape index (κ3) is 4.38. The van der Waals surface area contributed by atoms with Crippen LogP contribution in [0, 0.1) is 5.92 Å². The first-order valence-electron chi connectivity index (χ1n) is 9.20.